The summed E-state index contributed by atoms with van der Waals surface area (Å²) in [5.41, 5.74) is 3.07. The molecule has 0 fully saturated rings. The van der Waals surface area contributed by atoms with Crippen molar-refractivity contribution in [1.29, 1.82) is 0 Å². The number of nitrogens with one attached hydrogen (secondary N) is 1. The zero-order valence-corrected chi connectivity index (χ0v) is 14.0. The number of anilines is 1. The SMILES string of the molecule is Cc1ccc(C)c(NC(=O)CN2C(=O)c3ccc(Cl)cc3C2=O)c1. The summed E-state index contributed by atoms with van der Waals surface area (Å²) in [4.78, 5) is 37.8. The summed E-state index contributed by atoms with van der Waals surface area (Å²) in [6.07, 6.45) is 0. The summed E-state index contributed by atoms with van der Waals surface area (Å²) in [7, 11) is 0. The lowest BCUT2D eigenvalue weighted by Crippen LogP contribution is -2.37. The minimum absolute atomic E-state index is 0.229. The normalized spacial score (nSPS) is 13.2. The van der Waals surface area contributed by atoms with Gasteiger partial charge in [0.1, 0.15) is 6.54 Å². The fraction of sp³-hybridized carbons (Fsp3) is 0.167. The van der Waals surface area contributed by atoms with Crippen molar-refractivity contribution in [3.05, 3.63) is 63.7 Å². The number of nitrogens with zero attached hydrogens (tertiary/aromatic N) is 1. The molecule has 1 aliphatic rings. The van der Waals surface area contributed by atoms with Gasteiger partial charge < -0.3 is 5.32 Å². The number of fused-ring (bicyclic) bond motifs is 1. The molecule has 0 saturated heterocycles. The van der Waals surface area contributed by atoms with Crippen LogP contribution in [-0.4, -0.2) is 29.2 Å². The molecule has 1 aliphatic heterocycles. The summed E-state index contributed by atoms with van der Waals surface area (Å²) < 4.78 is 0. The van der Waals surface area contributed by atoms with Crippen molar-refractivity contribution in [2.45, 2.75) is 13.8 Å². The minimum atomic E-state index is -0.506. The fourth-order valence-electron chi connectivity index (χ4n) is 2.61. The number of amides is 3. The van der Waals surface area contributed by atoms with Crippen LogP contribution < -0.4 is 5.32 Å². The number of rotatable bonds is 3. The van der Waals surface area contributed by atoms with Gasteiger partial charge in [-0.05, 0) is 49.2 Å². The molecule has 0 bridgehead atoms. The van der Waals surface area contributed by atoms with Crippen LogP contribution >= 0.6 is 11.6 Å². The van der Waals surface area contributed by atoms with Gasteiger partial charge in [0.2, 0.25) is 5.91 Å². The summed E-state index contributed by atoms with van der Waals surface area (Å²) in [5, 5.41) is 3.12. The Bertz CT molecular complexity index is 877. The van der Waals surface area contributed by atoms with E-state index in [1.807, 2.05) is 32.0 Å². The number of hydrogen-bond acceptors (Lipinski definition) is 3. The van der Waals surface area contributed by atoms with Gasteiger partial charge >= 0.3 is 0 Å². The van der Waals surface area contributed by atoms with Gasteiger partial charge in [0.15, 0.2) is 0 Å². The molecule has 1 N–H and O–H groups in total. The number of halogens is 1. The van der Waals surface area contributed by atoms with Crippen LogP contribution in [0.4, 0.5) is 5.69 Å². The zero-order valence-electron chi connectivity index (χ0n) is 13.2. The summed E-state index contributed by atoms with van der Waals surface area (Å²) in [5.74, 6) is -1.42. The lowest BCUT2D eigenvalue weighted by Gasteiger charge is -2.15. The third-order valence-electron chi connectivity index (χ3n) is 3.90. The molecule has 0 aromatic heterocycles. The average molecular weight is 343 g/mol. The Hall–Kier alpha value is -2.66. The van der Waals surface area contributed by atoms with Gasteiger partial charge in [-0.2, -0.15) is 0 Å². The largest absolute Gasteiger partial charge is 0.324 e. The van der Waals surface area contributed by atoms with Gasteiger partial charge in [-0.3, -0.25) is 19.3 Å². The smallest absolute Gasteiger partial charge is 0.262 e. The Balaban J connectivity index is 1.77. The van der Waals surface area contributed by atoms with Crippen molar-refractivity contribution in [2.75, 3.05) is 11.9 Å². The van der Waals surface area contributed by atoms with Crippen molar-refractivity contribution < 1.29 is 14.4 Å². The highest BCUT2D eigenvalue weighted by Gasteiger charge is 2.36. The molecule has 122 valence electrons. The molecule has 1 heterocycles. The number of benzene rings is 2. The minimum Gasteiger partial charge on any atom is -0.324 e. The first kappa shape index (κ1) is 16.2. The molecular formula is C18H15ClN2O3. The maximum absolute atomic E-state index is 12.3. The summed E-state index contributed by atoms with van der Waals surface area (Å²) >= 11 is 5.87. The highest BCUT2D eigenvalue weighted by molar-refractivity contribution is 6.32. The van der Waals surface area contributed by atoms with Gasteiger partial charge in [0.05, 0.1) is 11.1 Å². The van der Waals surface area contributed by atoms with Crippen LogP contribution in [0.25, 0.3) is 0 Å². The molecule has 2 aromatic carbocycles. The van der Waals surface area contributed by atoms with Gasteiger partial charge in [0, 0.05) is 10.7 Å². The topological polar surface area (TPSA) is 66.5 Å². The van der Waals surface area contributed by atoms with Crippen molar-refractivity contribution >= 4 is 35.0 Å². The van der Waals surface area contributed by atoms with E-state index in [-0.39, 0.29) is 17.7 Å². The number of carbonyl (C=O) groups excluding carboxylic acids is 3. The standard InChI is InChI=1S/C18H15ClN2O3/c1-10-3-4-11(2)15(7-10)20-16(22)9-21-17(23)13-6-5-12(19)8-14(13)18(21)24/h3-8H,9H2,1-2H3,(H,20,22). The van der Waals surface area contributed by atoms with Gasteiger partial charge in [-0.15, -0.1) is 0 Å². The van der Waals surface area contributed by atoms with Crippen LogP contribution in [0.1, 0.15) is 31.8 Å². The molecule has 0 unspecified atom stereocenters. The lowest BCUT2D eigenvalue weighted by atomic mass is 10.1. The second-order valence-electron chi connectivity index (χ2n) is 5.75. The van der Waals surface area contributed by atoms with Crippen LogP contribution in [0.2, 0.25) is 5.02 Å². The summed E-state index contributed by atoms with van der Waals surface area (Å²) in [6.45, 7) is 3.46. The van der Waals surface area contributed by atoms with Crippen molar-refractivity contribution in [2.24, 2.45) is 0 Å². The van der Waals surface area contributed by atoms with Crippen molar-refractivity contribution in [3.8, 4) is 0 Å². The Morgan fingerprint density at radius 1 is 1.04 bits per heavy atom. The van der Waals surface area contributed by atoms with Gasteiger partial charge in [0.25, 0.3) is 11.8 Å². The Kier molecular flexibility index (Phi) is 4.11. The molecule has 0 spiro atoms. The van der Waals surface area contributed by atoms with E-state index in [0.29, 0.717) is 10.7 Å². The number of aryl methyl sites for hydroxylation is 2. The van der Waals surface area contributed by atoms with Crippen LogP contribution in [0.3, 0.4) is 0 Å². The van der Waals surface area contributed by atoms with Crippen LogP contribution in [0.5, 0.6) is 0 Å². The lowest BCUT2D eigenvalue weighted by molar-refractivity contribution is -0.116. The maximum atomic E-state index is 12.3. The van der Waals surface area contributed by atoms with E-state index in [1.54, 1.807) is 6.07 Å². The molecule has 3 rings (SSSR count). The first-order chi connectivity index (χ1) is 11.4. The quantitative estimate of drug-likeness (QED) is 0.871. The first-order valence-corrected chi connectivity index (χ1v) is 7.77. The second kappa shape index (κ2) is 6.09. The molecule has 0 saturated carbocycles. The highest BCUT2D eigenvalue weighted by Crippen LogP contribution is 2.26. The van der Waals surface area contributed by atoms with Crippen LogP contribution in [0, 0.1) is 13.8 Å². The predicted octanol–water partition coefficient (Wildman–Crippen LogP) is 3.19. The second-order valence-corrected chi connectivity index (χ2v) is 6.19. The van der Waals surface area contributed by atoms with Crippen molar-refractivity contribution in [1.82, 2.24) is 4.90 Å². The molecule has 0 radical (unpaired) electrons. The highest BCUT2D eigenvalue weighted by atomic mass is 35.5. The fourth-order valence-corrected chi connectivity index (χ4v) is 2.78. The Morgan fingerprint density at radius 3 is 2.50 bits per heavy atom. The predicted molar refractivity (Wildman–Crippen MR) is 91.4 cm³/mol. The molecule has 2 aromatic rings. The van der Waals surface area contributed by atoms with Crippen molar-refractivity contribution in [3.63, 3.8) is 0 Å². The molecule has 24 heavy (non-hydrogen) atoms. The van der Waals surface area contributed by atoms with E-state index < -0.39 is 17.7 Å². The molecule has 0 aliphatic carbocycles. The third kappa shape index (κ3) is 2.90. The van der Waals surface area contributed by atoms with Gasteiger partial charge in [-0.1, -0.05) is 23.7 Å². The van der Waals surface area contributed by atoms with E-state index >= 15 is 0 Å². The molecule has 3 amide bonds. The van der Waals surface area contributed by atoms with Crippen LogP contribution in [0.15, 0.2) is 36.4 Å². The molecule has 6 heteroatoms. The number of hydrogen-bond donors (Lipinski definition) is 1. The maximum Gasteiger partial charge on any atom is 0.262 e. The first-order valence-electron chi connectivity index (χ1n) is 7.39. The Morgan fingerprint density at radius 2 is 1.75 bits per heavy atom. The molecule has 0 atom stereocenters. The third-order valence-corrected chi connectivity index (χ3v) is 4.14. The molecular weight excluding hydrogens is 328 g/mol. The van der Waals surface area contributed by atoms with Crippen LogP contribution in [-0.2, 0) is 4.79 Å². The number of imide groups is 1. The van der Waals surface area contributed by atoms with E-state index in [2.05, 4.69) is 5.32 Å². The van der Waals surface area contributed by atoms with E-state index in [9.17, 15) is 14.4 Å². The molecule has 5 nitrogen and oxygen atoms in total. The number of carbonyl (C=O) groups is 3. The zero-order chi connectivity index (χ0) is 17.4. The summed E-state index contributed by atoms with van der Waals surface area (Å²) in [6, 6.07) is 10.2. The van der Waals surface area contributed by atoms with E-state index in [4.69, 9.17) is 11.6 Å². The van der Waals surface area contributed by atoms with E-state index in [1.165, 1.54) is 12.1 Å². The van der Waals surface area contributed by atoms with Gasteiger partial charge in [-0.25, -0.2) is 0 Å². The van der Waals surface area contributed by atoms with E-state index in [0.717, 1.165) is 16.0 Å². The Labute approximate surface area is 144 Å². The monoisotopic (exact) mass is 342 g/mol. The average Bonchev–Trinajstić information content (AvgIpc) is 2.75.